The molecule has 5 rings (SSSR count). The zero-order valence-electron chi connectivity index (χ0n) is 20.6. The fraction of sp³-hybridized carbons (Fsp3) is 0.517. The summed E-state index contributed by atoms with van der Waals surface area (Å²) in [5.41, 5.74) is 4.37. The first kappa shape index (κ1) is 24.0. The third kappa shape index (κ3) is 5.58. The smallest absolute Gasteiger partial charge is 0.258 e. The van der Waals surface area contributed by atoms with Crippen LogP contribution >= 0.6 is 0 Å². The van der Waals surface area contributed by atoms with Gasteiger partial charge in [0, 0.05) is 50.3 Å². The number of allylic oxidation sites excluding steroid dienone is 1. The second-order valence-electron chi connectivity index (χ2n) is 10.2. The summed E-state index contributed by atoms with van der Waals surface area (Å²) in [6.07, 6.45) is 11.6. The van der Waals surface area contributed by atoms with Crippen LogP contribution in [0.15, 0.2) is 46.8 Å². The lowest BCUT2D eigenvalue weighted by atomic mass is 9.95. The predicted octanol–water partition coefficient (Wildman–Crippen LogP) is 4.92. The van der Waals surface area contributed by atoms with Gasteiger partial charge in [-0.2, -0.15) is 0 Å². The molecule has 0 saturated carbocycles. The van der Waals surface area contributed by atoms with Crippen LogP contribution in [0, 0.1) is 5.82 Å². The summed E-state index contributed by atoms with van der Waals surface area (Å²) in [7, 11) is 0. The number of nitrogens with zero attached hydrogens (tertiary/aromatic N) is 3. The van der Waals surface area contributed by atoms with Gasteiger partial charge in [-0.3, -0.25) is 9.59 Å². The van der Waals surface area contributed by atoms with Crippen molar-refractivity contribution in [2.24, 2.45) is 0 Å². The van der Waals surface area contributed by atoms with Crippen molar-refractivity contribution >= 4 is 5.91 Å². The van der Waals surface area contributed by atoms with Gasteiger partial charge in [0.1, 0.15) is 5.82 Å². The van der Waals surface area contributed by atoms with E-state index in [1.165, 1.54) is 49.8 Å². The van der Waals surface area contributed by atoms with E-state index in [1.807, 2.05) is 15.5 Å². The summed E-state index contributed by atoms with van der Waals surface area (Å²) in [5, 5.41) is 0. The molecule has 0 bridgehead atoms. The van der Waals surface area contributed by atoms with E-state index in [0.29, 0.717) is 43.6 Å². The number of fused-ring (bicyclic) bond motifs is 1. The number of piperidine rings is 1. The molecule has 1 aliphatic carbocycles. The Labute approximate surface area is 207 Å². The van der Waals surface area contributed by atoms with Gasteiger partial charge in [0.15, 0.2) is 0 Å². The minimum atomic E-state index is -0.350. The number of benzene rings is 1. The van der Waals surface area contributed by atoms with Crippen LogP contribution < -0.4 is 5.56 Å². The topological polar surface area (TPSA) is 45.6 Å². The summed E-state index contributed by atoms with van der Waals surface area (Å²) in [6, 6.07) is 8.18. The second kappa shape index (κ2) is 10.9. The maximum Gasteiger partial charge on any atom is 0.258 e. The van der Waals surface area contributed by atoms with E-state index >= 15 is 0 Å². The van der Waals surface area contributed by atoms with Gasteiger partial charge in [-0.05, 0) is 80.9 Å². The zero-order valence-corrected chi connectivity index (χ0v) is 20.6. The molecule has 186 valence electrons. The molecule has 1 saturated heterocycles. The molecule has 0 N–H and O–H groups in total. The highest BCUT2D eigenvalue weighted by Gasteiger charge is 2.26. The molecule has 0 unspecified atom stereocenters. The van der Waals surface area contributed by atoms with E-state index in [1.54, 1.807) is 12.1 Å². The van der Waals surface area contributed by atoms with E-state index in [2.05, 4.69) is 11.0 Å². The van der Waals surface area contributed by atoms with Crippen molar-refractivity contribution in [3.8, 4) is 11.1 Å². The molecular weight excluding hydrogens is 441 g/mol. The Kier molecular flexibility index (Phi) is 7.47. The van der Waals surface area contributed by atoms with Crippen molar-refractivity contribution in [2.45, 2.75) is 70.9 Å². The first-order chi connectivity index (χ1) is 17.1. The SMILES string of the molecule is O=C(CC1=CCCCC1)N1CCc2c(cc(-c3cccc(F)c3)c(=O)n2CCN2CCCCC2)C1. The number of carbonyl (C=O) groups is 1. The summed E-state index contributed by atoms with van der Waals surface area (Å²) in [6.45, 7) is 4.79. The third-order valence-corrected chi connectivity index (χ3v) is 7.81. The van der Waals surface area contributed by atoms with Gasteiger partial charge in [-0.15, -0.1) is 0 Å². The summed E-state index contributed by atoms with van der Waals surface area (Å²) in [5.74, 6) is -0.181. The van der Waals surface area contributed by atoms with Crippen LogP contribution in [-0.4, -0.2) is 46.5 Å². The van der Waals surface area contributed by atoms with Gasteiger partial charge >= 0.3 is 0 Å². The number of hydrogen-bond acceptors (Lipinski definition) is 3. The maximum atomic E-state index is 14.0. The molecule has 1 aromatic carbocycles. The first-order valence-electron chi connectivity index (χ1n) is 13.3. The number of halogens is 1. The van der Waals surface area contributed by atoms with Gasteiger partial charge in [-0.1, -0.05) is 30.2 Å². The van der Waals surface area contributed by atoms with Crippen molar-refractivity contribution in [3.63, 3.8) is 0 Å². The summed E-state index contributed by atoms with van der Waals surface area (Å²) >= 11 is 0. The lowest BCUT2D eigenvalue weighted by molar-refractivity contribution is -0.131. The molecule has 6 heteroatoms. The summed E-state index contributed by atoms with van der Waals surface area (Å²) < 4.78 is 15.9. The first-order valence-corrected chi connectivity index (χ1v) is 13.3. The maximum absolute atomic E-state index is 14.0. The molecule has 2 aromatic rings. The Balaban J connectivity index is 1.44. The molecule has 2 aliphatic heterocycles. The highest BCUT2D eigenvalue weighted by molar-refractivity contribution is 5.79. The Morgan fingerprint density at radius 2 is 1.80 bits per heavy atom. The van der Waals surface area contributed by atoms with Crippen LogP contribution in [0.4, 0.5) is 4.39 Å². The highest BCUT2D eigenvalue weighted by atomic mass is 19.1. The molecule has 5 nitrogen and oxygen atoms in total. The molecule has 1 aromatic heterocycles. The average Bonchev–Trinajstić information content (AvgIpc) is 2.89. The molecule has 35 heavy (non-hydrogen) atoms. The quantitative estimate of drug-likeness (QED) is 0.555. The van der Waals surface area contributed by atoms with Gasteiger partial charge in [0.2, 0.25) is 5.91 Å². The molecule has 1 fully saturated rings. The molecule has 0 atom stereocenters. The number of hydrogen-bond donors (Lipinski definition) is 0. The van der Waals surface area contributed by atoms with Crippen LogP contribution in [0.3, 0.4) is 0 Å². The molecule has 3 aliphatic rings. The van der Waals surface area contributed by atoms with Crippen molar-refractivity contribution in [1.82, 2.24) is 14.4 Å². The van der Waals surface area contributed by atoms with Gasteiger partial charge in [0.05, 0.1) is 0 Å². The van der Waals surface area contributed by atoms with Crippen LogP contribution in [0.5, 0.6) is 0 Å². The number of pyridine rings is 1. The summed E-state index contributed by atoms with van der Waals surface area (Å²) in [4.78, 5) is 31.1. The van der Waals surface area contributed by atoms with Crippen molar-refractivity contribution < 1.29 is 9.18 Å². The minimum absolute atomic E-state index is 0.0569. The van der Waals surface area contributed by atoms with Crippen LogP contribution in [0.1, 0.15) is 62.6 Å². The number of aromatic nitrogens is 1. The molecular formula is C29H36FN3O2. The molecule has 1 amide bonds. The predicted molar refractivity (Wildman–Crippen MR) is 137 cm³/mol. The minimum Gasteiger partial charge on any atom is -0.338 e. The third-order valence-electron chi connectivity index (χ3n) is 7.81. The number of amides is 1. The van der Waals surface area contributed by atoms with E-state index in [9.17, 15) is 14.0 Å². The Morgan fingerprint density at radius 3 is 2.57 bits per heavy atom. The lowest BCUT2D eigenvalue weighted by Crippen LogP contribution is -2.41. The highest BCUT2D eigenvalue weighted by Crippen LogP contribution is 2.27. The monoisotopic (exact) mass is 477 g/mol. The Morgan fingerprint density at radius 1 is 0.943 bits per heavy atom. The Hall–Kier alpha value is -2.73. The second-order valence-corrected chi connectivity index (χ2v) is 10.2. The number of carbonyl (C=O) groups excluding carboxylic acids is 1. The van der Waals surface area contributed by atoms with E-state index < -0.39 is 0 Å². The van der Waals surface area contributed by atoms with Gasteiger partial charge < -0.3 is 14.4 Å². The van der Waals surface area contributed by atoms with Crippen LogP contribution in [0.2, 0.25) is 0 Å². The lowest BCUT2D eigenvalue weighted by Gasteiger charge is -2.33. The van der Waals surface area contributed by atoms with Crippen molar-refractivity contribution in [2.75, 3.05) is 26.2 Å². The van der Waals surface area contributed by atoms with E-state index in [4.69, 9.17) is 0 Å². The van der Waals surface area contributed by atoms with E-state index in [-0.39, 0.29) is 17.3 Å². The average molecular weight is 478 g/mol. The van der Waals surface area contributed by atoms with Crippen LogP contribution in [-0.2, 0) is 24.3 Å². The normalized spacial score (nSPS) is 18.8. The zero-order chi connectivity index (χ0) is 24.2. The van der Waals surface area contributed by atoms with Crippen molar-refractivity contribution in [3.05, 3.63) is 69.4 Å². The standard InChI is InChI=1S/C29H36FN3O2/c30-25-11-7-10-23(19-25)26-20-24-21-32(28(34)18-22-8-3-1-4-9-22)15-12-27(24)33(29(26)35)17-16-31-13-5-2-6-14-31/h7-8,10-11,19-20H,1-6,9,12-18,21H2. The van der Waals surface area contributed by atoms with E-state index in [0.717, 1.165) is 43.7 Å². The van der Waals surface area contributed by atoms with Gasteiger partial charge in [-0.25, -0.2) is 4.39 Å². The molecule has 0 spiro atoms. The molecule has 3 heterocycles. The van der Waals surface area contributed by atoms with Gasteiger partial charge in [0.25, 0.3) is 5.56 Å². The van der Waals surface area contributed by atoms with Crippen molar-refractivity contribution in [1.29, 1.82) is 0 Å². The number of rotatable bonds is 6. The number of likely N-dealkylation sites (tertiary alicyclic amines) is 1. The largest absolute Gasteiger partial charge is 0.338 e. The Bertz CT molecular complexity index is 1160. The molecule has 0 radical (unpaired) electrons. The fourth-order valence-corrected chi connectivity index (χ4v) is 5.83. The fourth-order valence-electron chi connectivity index (χ4n) is 5.83. The van der Waals surface area contributed by atoms with Crippen LogP contribution in [0.25, 0.3) is 11.1 Å².